The van der Waals surface area contributed by atoms with Crippen molar-refractivity contribution in [1.82, 2.24) is 0 Å². The predicted molar refractivity (Wildman–Crippen MR) is 54.9 cm³/mol. The average Bonchev–Trinajstić information content (AvgIpc) is 2.26. The first-order chi connectivity index (χ1) is 7.54. The summed E-state index contributed by atoms with van der Waals surface area (Å²) in [5.74, 6) is 0. The largest absolute Gasteiger partial charge is 0.417 e. The van der Waals surface area contributed by atoms with Crippen LogP contribution >= 0.6 is 0 Å². The molecule has 4 heteroatoms. The third-order valence-corrected chi connectivity index (χ3v) is 2.49. The van der Waals surface area contributed by atoms with Crippen molar-refractivity contribution in [2.75, 3.05) is 0 Å². The monoisotopic (exact) mass is 226 g/mol. The molecule has 0 unspecified atom stereocenters. The molecule has 0 atom stereocenters. The third-order valence-electron chi connectivity index (χ3n) is 2.49. The molecule has 0 heterocycles. The molecule has 0 saturated carbocycles. The highest BCUT2D eigenvalue weighted by molar-refractivity contribution is 5.89. The van der Waals surface area contributed by atoms with Crippen molar-refractivity contribution in [3.05, 3.63) is 47.5 Å². The van der Waals surface area contributed by atoms with E-state index < -0.39 is 11.7 Å². The number of rotatable bonds is 1. The number of hydrogen-bond acceptors (Lipinski definition) is 1. The van der Waals surface area contributed by atoms with Gasteiger partial charge in [-0.3, -0.25) is 0 Å². The molecule has 2 aromatic carbocycles. The predicted octanol–water partition coefficient (Wildman–Crippen LogP) is 3.35. The SMILES string of the molecule is OCc1ccc(C(F)(F)F)c2ccccc12. The summed E-state index contributed by atoms with van der Waals surface area (Å²) in [5, 5.41) is 9.62. The van der Waals surface area contributed by atoms with E-state index in [0.717, 1.165) is 6.07 Å². The molecule has 0 bridgehead atoms. The number of fused-ring (bicyclic) bond motifs is 1. The van der Waals surface area contributed by atoms with Crippen LogP contribution in [0.3, 0.4) is 0 Å². The van der Waals surface area contributed by atoms with E-state index in [1.807, 2.05) is 0 Å². The molecule has 84 valence electrons. The lowest BCUT2D eigenvalue weighted by atomic mass is 9.99. The van der Waals surface area contributed by atoms with E-state index in [1.165, 1.54) is 12.1 Å². The fraction of sp³-hybridized carbons (Fsp3) is 0.167. The van der Waals surface area contributed by atoms with Crippen molar-refractivity contribution in [2.45, 2.75) is 12.8 Å². The summed E-state index contributed by atoms with van der Waals surface area (Å²) >= 11 is 0. The van der Waals surface area contributed by atoms with Crippen molar-refractivity contribution in [1.29, 1.82) is 0 Å². The van der Waals surface area contributed by atoms with Gasteiger partial charge in [-0.05, 0) is 22.4 Å². The van der Waals surface area contributed by atoms with Gasteiger partial charge in [-0.25, -0.2) is 0 Å². The lowest BCUT2D eigenvalue weighted by Gasteiger charge is -2.12. The van der Waals surface area contributed by atoms with Crippen molar-refractivity contribution in [2.24, 2.45) is 0 Å². The Bertz CT molecular complexity index is 517. The van der Waals surface area contributed by atoms with Gasteiger partial charge in [0.1, 0.15) is 0 Å². The molecular weight excluding hydrogens is 217 g/mol. The Morgan fingerprint density at radius 1 is 0.938 bits per heavy atom. The molecule has 0 radical (unpaired) electrons. The number of aliphatic hydroxyl groups excluding tert-OH is 1. The minimum atomic E-state index is -4.37. The zero-order valence-corrected chi connectivity index (χ0v) is 8.25. The molecule has 2 aromatic rings. The molecule has 0 spiro atoms. The van der Waals surface area contributed by atoms with E-state index in [0.29, 0.717) is 10.9 Å². The highest BCUT2D eigenvalue weighted by Crippen LogP contribution is 2.35. The summed E-state index contributed by atoms with van der Waals surface area (Å²) in [6, 6.07) is 8.52. The molecule has 0 saturated heterocycles. The second kappa shape index (κ2) is 3.79. The minimum Gasteiger partial charge on any atom is -0.392 e. The third kappa shape index (κ3) is 1.76. The van der Waals surface area contributed by atoms with Crippen LogP contribution in [0.5, 0.6) is 0 Å². The molecule has 0 aliphatic carbocycles. The van der Waals surface area contributed by atoms with Crippen molar-refractivity contribution < 1.29 is 18.3 Å². The van der Waals surface area contributed by atoms with Crippen LogP contribution in [0.15, 0.2) is 36.4 Å². The Morgan fingerprint density at radius 3 is 2.12 bits per heavy atom. The van der Waals surface area contributed by atoms with Crippen LogP contribution in [-0.4, -0.2) is 5.11 Å². The Morgan fingerprint density at radius 2 is 1.56 bits per heavy atom. The summed E-state index contributed by atoms with van der Waals surface area (Å²) < 4.78 is 38.1. The molecule has 0 aliphatic rings. The van der Waals surface area contributed by atoms with Crippen molar-refractivity contribution in [3.8, 4) is 0 Å². The van der Waals surface area contributed by atoms with Crippen molar-refractivity contribution in [3.63, 3.8) is 0 Å². The smallest absolute Gasteiger partial charge is 0.392 e. The molecule has 0 aromatic heterocycles. The molecule has 0 fully saturated rings. The normalized spacial score (nSPS) is 12.0. The lowest BCUT2D eigenvalue weighted by Crippen LogP contribution is -2.06. The first-order valence-electron chi connectivity index (χ1n) is 4.72. The van der Waals surface area contributed by atoms with Gasteiger partial charge in [0.05, 0.1) is 12.2 Å². The van der Waals surface area contributed by atoms with Gasteiger partial charge in [-0.1, -0.05) is 30.3 Å². The van der Waals surface area contributed by atoms with Gasteiger partial charge in [0.25, 0.3) is 0 Å². The van der Waals surface area contributed by atoms with Gasteiger partial charge in [-0.15, -0.1) is 0 Å². The van der Waals surface area contributed by atoms with E-state index >= 15 is 0 Å². The molecule has 0 aliphatic heterocycles. The minimum absolute atomic E-state index is 0.126. The zero-order valence-electron chi connectivity index (χ0n) is 8.25. The van der Waals surface area contributed by atoms with Crippen LogP contribution in [0.1, 0.15) is 11.1 Å². The Labute approximate surface area is 90.1 Å². The molecule has 16 heavy (non-hydrogen) atoms. The van der Waals surface area contributed by atoms with Gasteiger partial charge >= 0.3 is 6.18 Å². The van der Waals surface area contributed by atoms with E-state index in [2.05, 4.69) is 0 Å². The fourth-order valence-corrected chi connectivity index (χ4v) is 1.75. The number of aliphatic hydroxyl groups is 1. The molecule has 1 nitrogen and oxygen atoms in total. The van der Waals surface area contributed by atoms with Crippen LogP contribution < -0.4 is 0 Å². The molecule has 0 amide bonds. The van der Waals surface area contributed by atoms with Gasteiger partial charge in [0.2, 0.25) is 0 Å². The quantitative estimate of drug-likeness (QED) is 0.790. The Hall–Kier alpha value is -1.55. The highest BCUT2D eigenvalue weighted by Gasteiger charge is 2.32. The van der Waals surface area contributed by atoms with Crippen molar-refractivity contribution >= 4 is 10.8 Å². The summed E-state index contributed by atoms with van der Waals surface area (Å²) in [5.41, 5.74) is -0.163. The van der Waals surface area contributed by atoms with Crippen LogP contribution in [0, 0.1) is 0 Å². The van der Waals surface area contributed by atoms with E-state index in [9.17, 15) is 13.2 Å². The molecule has 2 rings (SSSR count). The second-order valence-corrected chi connectivity index (χ2v) is 3.47. The zero-order chi connectivity index (χ0) is 11.8. The molecular formula is C12H9F3O. The van der Waals surface area contributed by atoms with Gasteiger partial charge in [0, 0.05) is 0 Å². The standard InChI is InChI=1S/C12H9F3O/c13-12(14,15)11-6-5-8(7-16)9-3-1-2-4-10(9)11/h1-6,16H,7H2. The summed E-state index contributed by atoms with van der Waals surface area (Å²) in [6.07, 6.45) is -4.37. The summed E-state index contributed by atoms with van der Waals surface area (Å²) in [4.78, 5) is 0. The van der Waals surface area contributed by atoms with E-state index in [1.54, 1.807) is 18.2 Å². The maximum Gasteiger partial charge on any atom is 0.417 e. The fourth-order valence-electron chi connectivity index (χ4n) is 1.75. The van der Waals surface area contributed by atoms with Crippen LogP contribution in [0.4, 0.5) is 13.2 Å². The first kappa shape index (κ1) is 11.0. The molecule has 1 N–H and O–H groups in total. The Kier molecular flexibility index (Phi) is 2.59. The Balaban J connectivity index is 2.80. The second-order valence-electron chi connectivity index (χ2n) is 3.47. The number of hydrogen-bond donors (Lipinski definition) is 1. The van der Waals surface area contributed by atoms with E-state index in [-0.39, 0.29) is 12.0 Å². The van der Waals surface area contributed by atoms with Crippen LogP contribution in [0.2, 0.25) is 0 Å². The van der Waals surface area contributed by atoms with E-state index in [4.69, 9.17) is 5.11 Å². The average molecular weight is 226 g/mol. The van der Waals surface area contributed by atoms with Crippen LogP contribution in [-0.2, 0) is 12.8 Å². The lowest BCUT2D eigenvalue weighted by molar-refractivity contribution is -0.136. The number of alkyl halides is 3. The maximum atomic E-state index is 12.7. The summed E-state index contributed by atoms with van der Waals surface area (Å²) in [7, 11) is 0. The topological polar surface area (TPSA) is 20.2 Å². The number of halogens is 3. The maximum absolute atomic E-state index is 12.7. The highest BCUT2D eigenvalue weighted by atomic mass is 19.4. The van der Waals surface area contributed by atoms with Gasteiger partial charge in [0.15, 0.2) is 0 Å². The first-order valence-corrected chi connectivity index (χ1v) is 4.72. The number of benzene rings is 2. The van der Waals surface area contributed by atoms with Crippen LogP contribution in [0.25, 0.3) is 10.8 Å². The van der Waals surface area contributed by atoms with Gasteiger partial charge in [-0.2, -0.15) is 13.2 Å². The van der Waals surface area contributed by atoms with Gasteiger partial charge < -0.3 is 5.11 Å². The summed E-state index contributed by atoms with van der Waals surface area (Å²) in [6.45, 7) is -0.265.